The van der Waals surface area contributed by atoms with Crippen molar-refractivity contribution in [2.45, 2.75) is 26.2 Å². The molecule has 4 aromatic carbocycles. The molecule has 0 saturated carbocycles. The van der Waals surface area contributed by atoms with Crippen LogP contribution >= 0.6 is 11.3 Å². The van der Waals surface area contributed by atoms with Crippen molar-refractivity contribution in [2.24, 2.45) is 0 Å². The van der Waals surface area contributed by atoms with Crippen molar-refractivity contribution in [3.63, 3.8) is 0 Å². The molecular weight excluding hydrogens is 595 g/mol. The summed E-state index contributed by atoms with van der Waals surface area (Å²) in [5, 5.41) is 3.32. The lowest BCUT2D eigenvalue weighted by atomic mass is 9.36. The van der Waals surface area contributed by atoms with E-state index in [-0.39, 0.29) is 12.1 Å². The molecule has 5 nitrogen and oxygen atoms in total. The average Bonchev–Trinajstić information content (AvgIpc) is 3.67. The zero-order valence-electron chi connectivity index (χ0n) is 26.2. The molecule has 2 aliphatic rings. The zero-order valence-corrected chi connectivity index (χ0v) is 27.0. The van der Waals surface area contributed by atoms with Gasteiger partial charge in [-0.05, 0) is 64.4 Å². The Kier molecular flexibility index (Phi) is 5.45. The average molecular weight is 625 g/mol. The van der Waals surface area contributed by atoms with Gasteiger partial charge in [0.05, 0.1) is 16.6 Å². The molecule has 0 N–H and O–H groups in total. The van der Waals surface area contributed by atoms with Crippen LogP contribution in [0.5, 0.6) is 0 Å². The summed E-state index contributed by atoms with van der Waals surface area (Å²) in [6.07, 6.45) is 7.82. The van der Waals surface area contributed by atoms with E-state index in [1.165, 1.54) is 42.7 Å². The maximum atomic E-state index is 6.63. The number of anilines is 6. The second kappa shape index (κ2) is 9.56. The number of aromatic nitrogens is 2. The first-order valence-corrected chi connectivity index (χ1v) is 16.8. The van der Waals surface area contributed by atoms with E-state index in [1.54, 1.807) is 0 Å². The molecule has 10 rings (SSSR count). The van der Waals surface area contributed by atoms with E-state index >= 15 is 0 Å². The first-order chi connectivity index (χ1) is 23.0. The summed E-state index contributed by atoms with van der Waals surface area (Å²) in [6.45, 7) is 6.93. The third-order valence-electron chi connectivity index (χ3n) is 9.78. The second-order valence-corrected chi connectivity index (χ2v) is 14.6. The van der Waals surface area contributed by atoms with Gasteiger partial charge in [0.25, 0.3) is 6.71 Å². The van der Waals surface area contributed by atoms with Gasteiger partial charge in [0.1, 0.15) is 11.3 Å². The lowest BCUT2D eigenvalue weighted by Gasteiger charge is -2.43. The highest BCUT2D eigenvalue weighted by Gasteiger charge is 2.45. The number of nitrogens with zero attached hydrogens (tertiary/aromatic N) is 4. The molecule has 0 spiro atoms. The third-order valence-corrected chi connectivity index (χ3v) is 11.0. The van der Waals surface area contributed by atoms with Gasteiger partial charge in [0.15, 0.2) is 5.58 Å². The second-order valence-electron chi connectivity index (χ2n) is 13.5. The number of hydrogen-bond acceptors (Lipinski definition) is 6. The molecule has 47 heavy (non-hydrogen) atoms. The Balaban J connectivity index is 1.34. The van der Waals surface area contributed by atoms with Crippen LogP contribution in [0.15, 0.2) is 126 Å². The van der Waals surface area contributed by atoms with Crippen LogP contribution in [0.2, 0.25) is 0 Å². The van der Waals surface area contributed by atoms with E-state index < -0.39 is 0 Å². The molecule has 0 fully saturated rings. The summed E-state index contributed by atoms with van der Waals surface area (Å²) in [5.41, 5.74) is 12.4. The molecule has 7 heteroatoms. The Morgan fingerprint density at radius 1 is 0.681 bits per heavy atom. The minimum Gasteiger partial charge on any atom is -0.454 e. The number of hydrogen-bond donors (Lipinski definition) is 0. The highest BCUT2D eigenvalue weighted by molar-refractivity contribution is 7.33. The van der Waals surface area contributed by atoms with Gasteiger partial charge < -0.3 is 14.2 Å². The number of benzene rings is 4. The first-order valence-electron chi connectivity index (χ1n) is 16.0. The van der Waals surface area contributed by atoms with Crippen LogP contribution in [0.3, 0.4) is 0 Å². The SMILES string of the molecule is CC(C)(C)c1ccc2c(c1)B1c3sc4cnccc4c3N(c3ccccc3)c3cccc(c31)N2c1cncc2c1oc1ccccc12. The summed E-state index contributed by atoms with van der Waals surface area (Å²) in [4.78, 5) is 14.2. The molecule has 0 atom stereocenters. The molecule has 0 amide bonds. The molecule has 0 bridgehead atoms. The van der Waals surface area contributed by atoms with E-state index in [0.717, 1.165) is 44.7 Å². The highest BCUT2D eigenvalue weighted by Crippen LogP contribution is 2.49. The normalized spacial score (nSPS) is 13.7. The van der Waals surface area contributed by atoms with Crippen molar-refractivity contribution in [1.29, 1.82) is 0 Å². The molecule has 8 aromatic rings. The van der Waals surface area contributed by atoms with Crippen LogP contribution in [0.25, 0.3) is 32.0 Å². The van der Waals surface area contributed by atoms with Crippen molar-refractivity contribution < 1.29 is 4.42 Å². The minimum absolute atomic E-state index is 0.0163. The number of pyridine rings is 2. The topological polar surface area (TPSA) is 45.4 Å². The Labute approximate surface area is 276 Å². The van der Waals surface area contributed by atoms with Gasteiger partial charge in [0.2, 0.25) is 0 Å². The smallest absolute Gasteiger partial charge is 0.264 e. The van der Waals surface area contributed by atoms with Gasteiger partial charge in [-0.1, -0.05) is 75.4 Å². The van der Waals surface area contributed by atoms with Gasteiger partial charge in [-0.2, -0.15) is 0 Å². The van der Waals surface area contributed by atoms with E-state index in [9.17, 15) is 0 Å². The fraction of sp³-hybridized carbons (Fsp3) is 0.100. The quantitative estimate of drug-likeness (QED) is 0.180. The third kappa shape index (κ3) is 3.72. The predicted octanol–water partition coefficient (Wildman–Crippen LogP) is 8.97. The number of thiophene rings is 1. The fourth-order valence-corrected chi connectivity index (χ4v) is 8.92. The van der Waals surface area contributed by atoms with Crippen LogP contribution in [-0.2, 0) is 5.41 Å². The van der Waals surface area contributed by atoms with Gasteiger partial charge in [0, 0.05) is 62.3 Å². The molecule has 224 valence electrons. The van der Waals surface area contributed by atoms with Crippen LogP contribution in [0.4, 0.5) is 34.1 Å². The summed E-state index contributed by atoms with van der Waals surface area (Å²) < 4.78 is 9.16. The van der Waals surface area contributed by atoms with Crippen molar-refractivity contribution in [3.8, 4) is 0 Å². The molecule has 0 radical (unpaired) electrons. The first kappa shape index (κ1) is 26.8. The van der Waals surface area contributed by atoms with Gasteiger partial charge in [-0.25, -0.2) is 0 Å². The van der Waals surface area contributed by atoms with Crippen LogP contribution in [0.1, 0.15) is 26.3 Å². The number of rotatable bonds is 2. The monoisotopic (exact) mass is 624 g/mol. The van der Waals surface area contributed by atoms with Gasteiger partial charge in [-0.15, -0.1) is 11.3 Å². The lowest BCUT2D eigenvalue weighted by Crippen LogP contribution is -2.60. The summed E-state index contributed by atoms with van der Waals surface area (Å²) in [6, 6.07) is 34.9. The molecule has 4 aromatic heterocycles. The fourth-order valence-electron chi connectivity index (χ4n) is 7.63. The standard InChI is InChI=1S/C40H29BN4OS/c1-40(2,3)24-16-17-30-29(20-24)41-36-31(44(25-10-5-4-6-11-25)37-27-18-19-42-23-35(27)47-39(37)41)13-9-14-32(36)45(30)33-22-43-21-28-26-12-7-8-15-34(26)46-38(28)33/h4-23H,1-3H3. The molecule has 2 aliphatic heterocycles. The molecule has 0 saturated heterocycles. The van der Waals surface area contributed by atoms with Crippen LogP contribution < -0.4 is 25.5 Å². The lowest BCUT2D eigenvalue weighted by molar-refractivity contribution is 0.591. The van der Waals surface area contributed by atoms with E-state index in [1.807, 2.05) is 48.3 Å². The summed E-state index contributed by atoms with van der Waals surface area (Å²) >= 11 is 1.86. The molecule has 0 aliphatic carbocycles. The van der Waals surface area contributed by atoms with Crippen LogP contribution in [0, 0.1) is 0 Å². The number of furan rings is 1. The van der Waals surface area contributed by atoms with E-state index in [2.05, 4.69) is 120 Å². The predicted molar refractivity (Wildman–Crippen MR) is 197 cm³/mol. The van der Waals surface area contributed by atoms with Gasteiger partial charge in [-0.3, -0.25) is 9.97 Å². The number of para-hydroxylation sites is 2. The van der Waals surface area contributed by atoms with Crippen molar-refractivity contribution in [1.82, 2.24) is 9.97 Å². The highest BCUT2D eigenvalue weighted by atomic mass is 32.1. The van der Waals surface area contributed by atoms with Crippen molar-refractivity contribution in [2.75, 3.05) is 9.80 Å². The number of fused-ring (bicyclic) bond motifs is 9. The molecular formula is C40H29BN4OS. The van der Waals surface area contributed by atoms with E-state index in [4.69, 9.17) is 9.40 Å². The molecule has 6 heterocycles. The van der Waals surface area contributed by atoms with Crippen LogP contribution in [-0.4, -0.2) is 16.7 Å². The van der Waals surface area contributed by atoms with Crippen molar-refractivity contribution in [3.05, 3.63) is 127 Å². The maximum absolute atomic E-state index is 6.63. The maximum Gasteiger partial charge on any atom is 0.264 e. The van der Waals surface area contributed by atoms with Crippen molar-refractivity contribution >= 4 is 99.9 Å². The Morgan fingerprint density at radius 3 is 2.34 bits per heavy atom. The largest absolute Gasteiger partial charge is 0.454 e. The van der Waals surface area contributed by atoms with E-state index in [0.29, 0.717) is 0 Å². The Bertz CT molecular complexity index is 2550. The zero-order chi connectivity index (χ0) is 31.4. The summed E-state index contributed by atoms with van der Waals surface area (Å²) in [7, 11) is 0. The Morgan fingerprint density at radius 2 is 1.49 bits per heavy atom. The molecule has 0 unspecified atom stereocenters. The minimum atomic E-state index is -0.0163. The Hall–Kier alpha value is -5.40. The summed E-state index contributed by atoms with van der Waals surface area (Å²) in [5.74, 6) is 0. The van der Waals surface area contributed by atoms with Gasteiger partial charge >= 0.3 is 0 Å².